The van der Waals surface area contributed by atoms with Gasteiger partial charge in [0.2, 0.25) is 5.91 Å². The largest absolute Gasteiger partial charge is 0.416 e. The van der Waals surface area contributed by atoms with E-state index in [0.29, 0.717) is 5.56 Å². The highest BCUT2D eigenvalue weighted by Crippen LogP contribution is 2.30. The number of halogens is 3. The standard InChI is InChI=1S/C23H19F3N2O2/c1-2-19-10-9-17(14-27-19)15-5-3-6-16(11-15)21(29)13-22(30)28-20-8-4-7-18(12-20)23(24,25)26/h3-12,14H,2,13H2,1H3,(H,28,30). The minimum absolute atomic E-state index is 0.0153. The molecule has 0 saturated carbocycles. The van der Waals surface area contributed by atoms with Gasteiger partial charge in [-0.05, 0) is 42.3 Å². The second kappa shape index (κ2) is 8.90. The van der Waals surface area contributed by atoms with Crippen LogP contribution in [0.2, 0.25) is 0 Å². The van der Waals surface area contributed by atoms with Crippen molar-refractivity contribution >= 4 is 17.4 Å². The topological polar surface area (TPSA) is 59.1 Å². The van der Waals surface area contributed by atoms with Crippen LogP contribution in [0.5, 0.6) is 0 Å². The van der Waals surface area contributed by atoms with Crippen LogP contribution >= 0.6 is 0 Å². The molecule has 0 fully saturated rings. The molecule has 0 radical (unpaired) electrons. The number of ketones is 1. The molecule has 0 bridgehead atoms. The minimum atomic E-state index is -4.51. The van der Waals surface area contributed by atoms with Crippen molar-refractivity contribution < 1.29 is 22.8 Å². The van der Waals surface area contributed by atoms with Crippen LogP contribution in [0.15, 0.2) is 66.9 Å². The van der Waals surface area contributed by atoms with Crippen molar-refractivity contribution in [3.8, 4) is 11.1 Å². The van der Waals surface area contributed by atoms with Crippen molar-refractivity contribution in [2.45, 2.75) is 25.9 Å². The maximum absolute atomic E-state index is 12.8. The molecule has 0 aliphatic heterocycles. The lowest BCUT2D eigenvalue weighted by molar-refractivity contribution is -0.137. The second-order valence-corrected chi connectivity index (χ2v) is 6.70. The maximum atomic E-state index is 12.8. The zero-order valence-corrected chi connectivity index (χ0v) is 16.2. The minimum Gasteiger partial charge on any atom is -0.326 e. The maximum Gasteiger partial charge on any atom is 0.416 e. The molecule has 2 aromatic carbocycles. The van der Waals surface area contributed by atoms with Crippen LogP contribution in [0.25, 0.3) is 11.1 Å². The zero-order chi connectivity index (χ0) is 21.7. The Morgan fingerprint density at radius 3 is 2.40 bits per heavy atom. The Kier molecular flexibility index (Phi) is 6.30. The molecular weight excluding hydrogens is 393 g/mol. The lowest BCUT2D eigenvalue weighted by Crippen LogP contribution is -2.17. The van der Waals surface area contributed by atoms with Crippen LogP contribution in [-0.2, 0) is 17.4 Å². The number of alkyl halides is 3. The molecule has 3 rings (SSSR count). The molecule has 0 atom stereocenters. The van der Waals surface area contributed by atoms with Gasteiger partial charge in [0.05, 0.1) is 12.0 Å². The number of anilines is 1. The summed E-state index contributed by atoms with van der Waals surface area (Å²) in [6.45, 7) is 2.01. The lowest BCUT2D eigenvalue weighted by Gasteiger charge is -2.10. The molecule has 30 heavy (non-hydrogen) atoms. The average Bonchev–Trinajstić information content (AvgIpc) is 2.73. The normalized spacial score (nSPS) is 11.2. The zero-order valence-electron chi connectivity index (χ0n) is 16.2. The number of rotatable bonds is 6. The molecule has 0 unspecified atom stereocenters. The molecule has 0 spiro atoms. The molecule has 154 valence electrons. The van der Waals surface area contributed by atoms with Crippen molar-refractivity contribution in [3.63, 3.8) is 0 Å². The van der Waals surface area contributed by atoms with E-state index in [4.69, 9.17) is 0 Å². The molecule has 7 heteroatoms. The van der Waals surface area contributed by atoms with Crippen molar-refractivity contribution in [1.29, 1.82) is 0 Å². The van der Waals surface area contributed by atoms with E-state index in [1.54, 1.807) is 24.4 Å². The predicted molar refractivity (Wildman–Crippen MR) is 108 cm³/mol. The third-order valence-corrected chi connectivity index (χ3v) is 4.50. The molecule has 0 saturated heterocycles. The smallest absolute Gasteiger partial charge is 0.326 e. The SMILES string of the molecule is CCc1ccc(-c2cccc(C(=O)CC(=O)Nc3cccc(C(F)(F)F)c3)c2)cn1. The number of amides is 1. The van der Waals surface area contributed by atoms with E-state index in [9.17, 15) is 22.8 Å². The van der Waals surface area contributed by atoms with Gasteiger partial charge >= 0.3 is 6.18 Å². The Bertz CT molecular complexity index is 1060. The first-order chi connectivity index (χ1) is 14.3. The van der Waals surface area contributed by atoms with Crippen LogP contribution in [0.1, 0.15) is 35.0 Å². The van der Waals surface area contributed by atoms with Gasteiger partial charge in [0, 0.05) is 28.7 Å². The predicted octanol–water partition coefficient (Wildman–Crippen LogP) is 5.54. The fraction of sp³-hybridized carbons (Fsp3) is 0.174. The number of aromatic nitrogens is 1. The van der Waals surface area contributed by atoms with E-state index in [1.165, 1.54) is 12.1 Å². The van der Waals surface area contributed by atoms with Crippen LogP contribution in [-0.4, -0.2) is 16.7 Å². The Labute approximate surface area is 171 Å². The molecule has 0 aliphatic rings. The van der Waals surface area contributed by atoms with Crippen molar-refractivity contribution in [1.82, 2.24) is 4.98 Å². The van der Waals surface area contributed by atoms with E-state index >= 15 is 0 Å². The molecular formula is C23H19F3N2O2. The summed E-state index contributed by atoms with van der Waals surface area (Å²) < 4.78 is 38.4. The molecule has 3 aromatic rings. The Morgan fingerprint density at radius 2 is 1.73 bits per heavy atom. The van der Waals surface area contributed by atoms with Gasteiger partial charge in [-0.3, -0.25) is 14.6 Å². The van der Waals surface area contributed by atoms with E-state index in [-0.39, 0.29) is 5.69 Å². The summed E-state index contributed by atoms with van der Waals surface area (Å²) in [6, 6.07) is 14.9. The summed E-state index contributed by atoms with van der Waals surface area (Å²) in [5, 5.41) is 2.34. The Morgan fingerprint density at radius 1 is 0.967 bits per heavy atom. The lowest BCUT2D eigenvalue weighted by atomic mass is 10.0. The molecule has 1 heterocycles. The van der Waals surface area contributed by atoms with Gasteiger partial charge in [-0.1, -0.05) is 37.3 Å². The summed E-state index contributed by atoms with van der Waals surface area (Å²) in [5.41, 5.74) is 2.04. The number of carbonyl (C=O) groups is 2. The first-order valence-electron chi connectivity index (χ1n) is 9.32. The number of nitrogens with one attached hydrogen (secondary N) is 1. The number of hydrogen-bond donors (Lipinski definition) is 1. The molecule has 1 aromatic heterocycles. The van der Waals surface area contributed by atoms with Gasteiger partial charge in [-0.25, -0.2) is 0 Å². The van der Waals surface area contributed by atoms with Crippen molar-refractivity contribution in [3.05, 3.63) is 83.7 Å². The fourth-order valence-electron chi connectivity index (χ4n) is 2.90. The summed E-state index contributed by atoms with van der Waals surface area (Å²) in [7, 11) is 0. The van der Waals surface area contributed by atoms with E-state index in [1.807, 2.05) is 25.1 Å². The van der Waals surface area contributed by atoms with Crippen molar-refractivity contribution in [2.24, 2.45) is 0 Å². The van der Waals surface area contributed by atoms with Gasteiger partial charge in [-0.2, -0.15) is 13.2 Å². The van der Waals surface area contributed by atoms with Gasteiger partial charge in [0.25, 0.3) is 0 Å². The van der Waals surface area contributed by atoms with E-state index < -0.39 is 29.9 Å². The van der Waals surface area contributed by atoms with Crippen LogP contribution in [0.3, 0.4) is 0 Å². The van der Waals surface area contributed by atoms with Crippen LogP contribution in [0, 0.1) is 0 Å². The second-order valence-electron chi connectivity index (χ2n) is 6.70. The quantitative estimate of drug-likeness (QED) is 0.427. The van der Waals surface area contributed by atoms with Gasteiger partial charge in [0.1, 0.15) is 0 Å². The van der Waals surface area contributed by atoms with Gasteiger partial charge in [-0.15, -0.1) is 0 Å². The Hall–Kier alpha value is -3.48. The summed E-state index contributed by atoms with van der Waals surface area (Å²) in [5.74, 6) is -1.11. The first kappa shape index (κ1) is 21.2. The molecule has 0 aliphatic carbocycles. The van der Waals surface area contributed by atoms with Crippen LogP contribution in [0.4, 0.5) is 18.9 Å². The first-order valence-corrected chi connectivity index (χ1v) is 9.32. The van der Waals surface area contributed by atoms with E-state index in [0.717, 1.165) is 35.4 Å². The Balaban J connectivity index is 1.69. The van der Waals surface area contributed by atoms with E-state index in [2.05, 4.69) is 10.3 Å². The summed E-state index contributed by atoms with van der Waals surface area (Å²) in [6.07, 6.45) is -2.45. The van der Waals surface area contributed by atoms with Crippen LogP contribution < -0.4 is 5.32 Å². The number of nitrogens with zero attached hydrogens (tertiary/aromatic N) is 1. The highest BCUT2D eigenvalue weighted by Gasteiger charge is 2.30. The number of pyridine rings is 1. The highest BCUT2D eigenvalue weighted by atomic mass is 19.4. The summed E-state index contributed by atoms with van der Waals surface area (Å²) >= 11 is 0. The number of benzene rings is 2. The third-order valence-electron chi connectivity index (χ3n) is 4.50. The number of aryl methyl sites for hydroxylation is 1. The summed E-state index contributed by atoms with van der Waals surface area (Å²) in [4.78, 5) is 29.0. The van der Waals surface area contributed by atoms with Gasteiger partial charge < -0.3 is 5.32 Å². The average molecular weight is 412 g/mol. The number of Topliss-reactive ketones (excluding diaryl/α,β-unsaturated/α-hetero) is 1. The fourth-order valence-corrected chi connectivity index (χ4v) is 2.90. The van der Waals surface area contributed by atoms with Gasteiger partial charge in [0.15, 0.2) is 5.78 Å². The monoisotopic (exact) mass is 412 g/mol. The third kappa shape index (κ3) is 5.31. The van der Waals surface area contributed by atoms with Crippen molar-refractivity contribution in [2.75, 3.05) is 5.32 Å². The molecule has 1 N–H and O–H groups in total. The molecule has 1 amide bonds. The number of hydrogen-bond acceptors (Lipinski definition) is 3. The molecule has 4 nitrogen and oxygen atoms in total. The highest BCUT2D eigenvalue weighted by molar-refractivity contribution is 6.11. The number of carbonyl (C=O) groups excluding carboxylic acids is 2.